The summed E-state index contributed by atoms with van der Waals surface area (Å²) in [5.74, 6) is 1.80. The van der Waals surface area contributed by atoms with Crippen molar-refractivity contribution in [2.45, 2.75) is 65.1 Å². The molecule has 4 nitrogen and oxygen atoms in total. The average molecular weight is 236 g/mol. The van der Waals surface area contributed by atoms with Crippen LogP contribution in [0.15, 0.2) is 6.33 Å². The summed E-state index contributed by atoms with van der Waals surface area (Å²) >= 11 is 0. The molecule has 1 aliphatic rings. The van der Waals surface area contributed by atoms with Gasteiger partial charge in [0.1, 0.15) is 6.33 Å². The first-order chi connectivity index (χ1) is 8.15. The summed E-state index contributed by atoms with van der Waals surface area (Å²) in [4.78, 5) is 4.37. The van der Waals surface area contributed by atoms with Gasteiger partial charge < -0.3 is 5.32 Å². The molecule has 2 rings (SSSR count). The molecule has 0 aliphatic heterocycles. The van der Waals surface area contributed by atoms with Gasteiger partial charge in [0.2, 0.25) is 0 Å². The molecule has 0 spiro atoms. The summed E-state index contributed by atoms with van der Waals surface area (Å²) in [6.07, 6.45) is 7.05. The van der Waals surface area contributed by atoms with Gasteiger partial charge in [-0.05, 0) is 31.6 Å². The van der Waals surface area contributed by atoms with E-state index >= 15 is 0 Å². The molecule has 0 saturated heterocycles. The largest absolute Gasteiger partial charge is 0.308 e. The fourth-order valence-corrected chi connectivity index (χ4v) is 2.37. The van der Waals surface area contributed by atoms with E-state index in [0.717, 1.165) is 18.3 Å². The fourth-order valence-electron chi connectivity index (χ4n) is 2.37. The number of nitrogens with zero attached hydrogens (tertiary/aromatic N) is 3. The van der Waals surface area contributed by atoms with E-state index in [-0.39, 0.29) is 0 Å². The highest BCUT2D eigenvalue weighted by Gasteiger charge is 2.20. The maximum atomic E-state index is 4.57. The molecule has 17 heavy (non-hydrogen) atoms. The van der Waals surface area contributed by atoms with E-state index in [2.05, 4.69) is 40.9 Å². The lowest BCUT2D eigenvalue weighted by Crippen LogP contribution is -2.23. The van der Waals surface area contributed by atoms with Crippen LogP contribution < -0.4 is 5.32 Å². The first-order valence-electron chi connectivity index (χ1n) is 6.78. The quantitative estimate of drug-likeness (QED) is 0.873. The van der Waals surface area contributed by atoms with E-state index in [0.29, 0.717) is 12.1 Å². The van der Waals surface area contributed by atoms with Gasteiger partial charge in [-0.25, -0.2) is 9.67 Å². The molecule has 0 atom stereocenters. The normalized spacial score (nSPS) is 25.4. The van der Waals surface area contributed by atoms with Gasteiger partial charge >= 0.3 is 0 Å². The molecule has 1 fully saturated rings. The zero-order valence-electron chi connectivity index (χ0n) is 11.2. The zero-order chi connectivity index (χ0) is 12.3. The van der Waals surface area contributed by atoms with Crippen LogP contribution in [0.25, 0.3) is 0 Å². The molecule has 1 saturated carbocycles. The van der Waals surface area contributed by atoms with Crippen molar-refractivity contribution in [3.8, 4) is 0 Å². The van der Waals surface area contributed by atoms with Gasteiger partial charge in [0.15, 0.2) is 5.82 Å². The minimum absolute atomic E-state index is 0.484. The highest BCUT2D eigenvalue weighted by atomic mass is 15.3. The number of rotatable bonds is 4. The van der Waals surface area contributed by atoms with Gasteiger partial charge in [0.05, 0.1) is 12.6 Å². The van der Waals surface area contributed by atoms with E-state index in [1.165, 1.54) is 25.7 Å². The Morgan fingerprint density at radius 1 is 1.35 bits per heavy atom. The van der Waals surface area contributed by atoms with Crippen molar-refractivity contribution in [2.75, 3.05) is 0 Å². The molecular formula is C13H24N4. The van der Waals surface area contributed by atoms with Crippen LogP contribution in [0.5, 0.6) is 0 Å². The summed E-state index contributed by atoms with van der Waals surface area (Å²) < 4.78 is 2.07. The van der Waals surface area contributed by atoms with Crippen molar-refractivity contribution in [3.05, 3.63) is 12.2 Å². The molecule has 0 radical (unpaired) electrons. The fraction of sp³-hybridized carbons (Fsp3) is 0.846. The van der Waals surface area contributed by atoms with Crippen molar-refractivity contribution >= 4 is 0 Å². The van der Waals surface area contributed by atoms with Crippen molar-refractivity contribution in [3.63, 3.8) is 0 Å². The molecule has 96 valence electrons. The smallest absolute Gasteiger partial charge is 0.164 e. The Hall–Kier alpha value is -0.900. The van der Waals surface area contributed by atoms with Crippen LogP contribution in [-0.4, -0.2) is 20.8 Å². The third kappa shape index (κ3) is 3.53. The van der Waals surface area contributed by atoms with Crippen LogP contribution in [0, 0.1) is 5.92 Å². The van der Waals surface area contributed by atoms with Crippen molar-refractivity contribution in [2.24, 2.45) is 5.92 Å². The highest BCUT2D eigenvalue weighted by molar-refractivity contribution is 4.84. The van der Waals surface area contributed by atoms with E-state index < -0.39 is 0 Å². The molecule has 0 aromatic carbocycles. The monoisotopic (exact) mass is 236 g/mol. The maximum Gasteiger partial charge on any atom is 0.164 e. The summed E-state index contributed by atoms with van der Waals surface area (Å²) in [7, 11) is 0. The Morgan fingerprint density at radius 3 is 2.71 bits per heavy atom. The van der Waals surface area contributed by atoms with Gasteiger partial charge in [0, 0.05) is 6.04 Å². The number of aromatic nitrogens is 3. The van der Waals surface area contributed by atoms with Crippen molar-refractivity contribution < 1.29 is 0 Å². The lowest BCUT2D eigenvalue weighted by Gasteiger charge is -2.25. The van der Waals surface area contributed by atoms with Gasteiger partial charge in [-0.2, -0.15) is 5.10 Å². The first-order valence-corrected chi connectivity index (χ1v) is 6.78. The molecular weight excluding hydrogens is 212 g/mol. The number of nitrogens with one attached hydrogen (secondary N) is 1. The second kappa shape index (κ2) is 5.63. The highest BCUT2D eigenvalue weighted by Crippen LogP contribution is 2.30. The molecule has 1 aromatic heterocycles. The standard InChI is InChI=1S/C13H24N4/c1-10(2)14-8-13-15-9-17(16-13)12-6-4-11(3)5-7-12/h9-12,14H,4-8H2,1-3H3. The lowest BCUT2D eigenvalue weighted by atomic mass is 9.87. The SMILES string of the molecule is CC1CCC(n2cnc(CNC(C)C)n2)CC1. The van der Waals surface area contributed by atoms with Crippen LogP contribution in [-0.2, 0) is 6.54 Å². The maximum absolute atomic E-state index is 4.57. The summed E-state index contributed by atoms with van der Waals surface area (Å²) in [6.45, 7) is 7.39. The molecule has 0 bridgehead atoms. The van der Waals surface area contributed by atoms with Crippen LogP contribution >= 0.6 is 0 Å². The lowest BCUT2D eigenvalue weighted by molar-refractivity contribution is 0.272. The van der Waals surface area contributed by atoms with Gasteiger partial charge in [-0.15, -0.1) is 0 Å². The predicted molar refractivity (Wildman–Crippen MR) is 68.7 cm³/mol. The van der Waals surface area contributed by atoms with E-state index in [4.69, 9.17) is 0 Å². The minimum Gasteiger partial charge on any atom is -0.308 e. The van der Waals surface area contributed by atoms with E-state index in [9.17, 15) is 0 Å². The summed E-state index contributed by atoms with van der Waals surface area (Å²) in [6, 6.07) is 1.06. The van der Waals surface area contributed by atoms with Gasteiger partial charge in [0.25, 0.3) is 0 Å². The first kappa shape index (κ1) is 12.6. The third-order valence-electron chi connectivity index (χ3n) is 3.58. The topological polar surface area (TPSA) is 42.7 Å². The number of hydrogen-bond donors (Lipinski definition) is 1. The third-order valence-corrected chi connectivity index (χ3v) is 3.58. The number of hydrogen-bond acceptors (Lipinski definition) is 3. The Kier molecular flexibility index (Phi) is 4.15. The summed E-state index contributed by atoms with van der Waals surface area (Å²) in [5, 5.41) is 7.92. The predicted octanol–water partition coefficient (Wildman–Crippen LogP) is 2.53. The molecule has 1 N–H and O–H groups in total. The van der Waals surface area contributed by atoms with Crippen molar-refractivity contribution in [1.29, 1.82) is 0 Å². The van der Waals surface area contributed by atoms with Crippen LogP contribution in [0.3, 0.4) is 0 Å². The molecule has 0 amide bonds. The molecule has 4 heteroatoms. The Morgan fingerprint density at radius 2 is 2.06 bits per heavy atom. The molecule has 1 aliphatic carbocycles. The Bertz CT molecular complexity index is 337. The molecule has 1 aromatic rings. The minimum atomic E-state index is 0.484. The van der Waals surface area contributed by atoms with Crippen LogP contribution in [0.4, 0.5) is 0 Å². The second-order valence-electron chi connectivity index (χ2n) is 5.59. The average Bonchev–Trinajstić information content (AvgIpc) is 2.76. The second-order valence-corrected chi connectivity index (χ2v) is 5.59. The van der Waals surface area contributed by atoms with Gasteiger partial charge in [-0.1, -0.05) is 20.8 Å². The molecule has 1 heterocycles. The molecule has 0 unspecified atom stereocenters. The van der Waals surface area contributed by atoms with E-state index in [1.54, 1.807) is 0 Å². The van der Waals surface area contributed by atoms with Crippen LogP contribution in [0.2, 0.25) is 0 Å². The van der Waals surface area contributed by atoms with Gasteiger partial charge in [-0.3, -0.25) is 0 Å². The summed E-state index contributed by atoms with van der Waals surface area (Å²) in [5.41, 5.74) is 0. The van der Waals surface area contributed by atoms with E-state index in [1.807, 2.05) is 6.33 Å². The Balaban J connectivity index is 1.89. The van der Waals surface area contributed by atoms with Crippen LogP contribution in [0.1, 0.15) is 58.3 Å². The Labute approximate surface area is 104 Å². The zero-order valence-corrected chi connectivity index (χ0v) is 11.2. The van der Waals surface area contributed by atoms with Crippen molar-refractivity contribution in [1.82, 2.24) is 20.1 Å².